The second-order valence-corrected chi connectivity index (χ2v) is 8.48. The van der Waals surface area contributed by atoms with E-state index in [-0.39, 0.29) is 28.7 Å². The van der Waals surface area contributed by atoms with Crippen molar-refractivity contribution in [3.05, 3.63) is 65.5 Å². The van der Waals surface area contributed by atoms with E-state index in [2.05, 4.69) is 10.2 Å². The molecule has 2 aromatic carbocycles. The van der Waals surface area contributed by atoms with E-state index in [9.17, 15) is 17.6 Å². The molecule has 1 N–H and O–H groups in total. The lowest BCUT2D eigenvalue weighted by Gasteiger charge is -2.31. The first-order valence-electron chi connectivity index (χ1n) is 8.68. The Morgan fingerprint density at radius 3 is 2.41 bits per heavy atom. The highest BCUT2D eigenvalue weighted by Crippen LogP contribution is 2.18. The Morgan fingerprint density at radius 2 is 1.74 bits per heavy atom. The maximum atomic E-state index is 12.9. The Hall–Kier alpha value is -2.29. The molecule has 27 heavy (non-hydrogen) atoms. The van der Waals surface area contributed by atoms with Crippen LogP contribution < -0.4 is 5.32 Å². The number of halogens is 1. The number of nitrogens with one attached hydrogen (secondary N) is 1. The molecule has 2 aromatic rings. The van der Waals surface area contributed by atoms with Crippen LogP contribution in [0, 0.1) is 5.82 Å². The molecule has 0 aromatic heterocycles. The summed E-state index contributed by atoms with van der Waals surface area (Å²) in [5, 5.41) is 2.72. The van der Waals surface area contributed by atoms with E-state index >= 15 is 0 Å². The third kappa shape index (κ3) is 4.71. The fraction of sp³-hybridized carbons (Fsp3) is 0.316. The molecule has 0 unspecified atom stereocenters. The number of nitrogens with zero attached hydrogens (tertiary/aromatic N) is 2. The molecule has 1 amide bonds. The quantitative estimate of drug-likeness (QED) is 0.842. The average molecular weight is 391 g/mol. The van der Waals surface area contributed by atoms with Gasteiger partial charge in [-0.05, 0) is 42.9 Å². The highest BCUT2D eigenvalue weighted by atomic mass is 32.2. The summed E-state index contributed by atoms with van der Waals surface area (Å²) < 4.78 is 40.0. The van der Waals surface area contributed by atoms with Gasteiger partial charge < -0.3 is 10.2 Å². The normalized spacial score (nSPS) is 16.2. The predicted octanol–water partition coefficient (Wildman–Crippen LogP) is 1.69. The van der Waals surface area contributed by atoms with Gasteiger partial charge in [0, 0.05) is 38.3 Å². The number of carbonyl (C=O) groups is 1. The molecular weight excluding hydrogens is 369 g/mol. The summed E-state index contributed by atoms with van der Waals surface area (Å²) in [5.74, 6) is -0.721. The van der Waals surface area contributed by atoms with Crippen molar-refractivity contribution in [1.82, 2.24) is 14.5 Å². The van der Waals surface area contributed by atoms with E-state index in [1.165, 1.54) is 28.6 Å². The lowest BCUT2D eigenvalue weighted by molar-refractivity contribution is 0.0950. The number of benzene rings is 2. The molecule has 1 aliphatic heterocycles. The molecule has 6 nitrogen and oxygen atoms in total. The molecule has 1 fully saturated rings. The van der Waals surface area contributed by atoms with Crippen LogP contribution in [0.25, 0.3) is 0 Å². The number of amides is 1. The van der Waals surface area contributed by atoms with E-state index in [0.717, 1.165) is 5.56 Å². The lowest BCUT2D eigenvalue weighted by atomic mass is 10.2. The maximum Gasteiger partial charge on any atom is 0.251 e. The van der Waals surface area contributed by atoms with Gasteiger partial charge in [-0.3, -0.25) is 4.79 Å². The van der Waals surface area contributed by atoms with Gasteiger partial charge in [0.05, 0.1) is 4.90 Å². The number of piperazine rings is 1. The van der Waals surface area contributed by atoms with Gasteiger partial charge in [-0.15, -0.1) is 0 Å². The van der Waals surface area contributed by atoms with Crippen LogP contribution >= 0.6 is 0 Å². The first kappa shape index (κ1) is 19.5. The summed E-state index contributed by atoms with van der Waals surface area (Å²) in [4.78, 5) is 14.6. The highest BCUT2D eigenvalue weighted by Gasteiger charge is 2.27. The summed E-state index contributed by atoms with van der Waals surface area (Å²) in [5.41, 5.74) is 1.03. The van der Waals surface area contributed by atoms with Gasteiger partial charge >= 0.3 is 0 Å². The first-order chi connectivity index (χ1) is 12.9. The van der Waals surface area contributed by atoms with Crippen LogP contribution in [-0.2, 0) is 16.6 Å². The van der Waals surface area contributed by atoms with Gasteiger partial charge in [-0.1, -0.05) is 18.2 Å². The van der Waals surface area contributed by atoms with Gasteiger partial charge in [-0.25, -0.2) is 12.8 Å². The van der Waals surface area contributed by atoms with Crippen LogP contribution in [0.4, 0.5) is 4.39 Å². The van der Waals surface area contributed by atoms with Crippen molar-refractivity contribution < 1.29 is 17.6 Å². The van der Waals surface area contributed by atoms with Crippen LogP contribution in [0.2, 0.25) is 0 Å². The Labute approximate surface area is 158 Å². The van der Waals surface area contributed by atoms with E-state index in [0.29, 0.717) is 26.2 Å². The molecule has 0 saturated carbocycles. The zero-order chi connectivity index (χ0) is 19.4. The van der Waals surface area contributed by atoms with Crippen molar-refractivity contribution in [1.29, 1.82) is 0 Å². The van der Waals surface area contributed by atoms with Crippen molar-refractivity contribution in [3.8, 4) is 0 Å². The third-order valence-electron chi connectivity index (χ3n) is 4.56. The maximum absolute atomic E-state index is 12.9. The van der Waals surface area contributed by atoms with Gasteiger partial charge in [0.2, 0.25) is 10.0 Å². The van der Waals surface area contributed by atoms with Crippen molar-refractivity contribution in [2.75, 3.05) is 33.2 Å². The minimum atomic E-state index is -3.63. The Morgan fingerprint density at radius 1 is 1.07 bits per heavy atom. The largest absolute Gasteiger partial charge is 0.348 e. The number of carbonyl (C=O) groups excluding carboxylic acids is 1. The van der Waals surface area contributed by atoms with Gasteiger partial charge in [0.1, 0.15) is 5.82 Å². The average Bonchev–Trinajstić information content (AvgIpc) is 2.68. The zero-order valence-electron chi connectivity index (χ0n) is 15.1. The predicted molar refractivity (Wildman–Crippen MR) is 100 cm³/mol. The number of hydrogen-bond acceptors (Lipinski definition) is 4. The number of rotatable bonds is 5. The fourth-order valence-corrected chi connectivity index (χ4v) is 4.33. The number of hydrogen-bond donors (Lipinski definition) is 1. The van der Waals surface area contributed by atoms with Crippen molar-refractivity contribution in [2.45, 2.75) is 11.4 Å². The van der Waals surface area contributed by atoms with Crippen LogP contribution in [-0.4, -0.2) is 56.8 Å². The molecule has 144 valence electrons. The van der Waals surface area contributed by atoms with E-state index in [1.807, 2.05) is 7.05 Å². The van der Waals surface area contributed by atoms with E-state index in [4.69, 9.17) is 0 Å². The highest BCUT2D eigenvalue weighted by molar-refractivity contribution is 7.89. The van der Waals surface area contributed by atoms with E-state index < -0.39 is 10.0 Å². The zero-order valence-corrected chi connectivity index (χ0v) is 15.9. The lowest BCUT2D eigenvalue weighted by Crippen LogP contribution is -2.47. The molecule has 1 aliphatic rings. The topological polar surface area (TPSA) is 69.7 Å². The Bertz CT molecular complexity index is 908. The van der Waals surface area contributed by atoms with Crippen molar-refractivity contribution in [3.63, 3.8) is 0 Å². The fourth-order valence-electron chi connectivity index (χ4n) is 2.86. The van der Waals surface area contributed by atoms with Gasteiger partial charge in [0.25, 0.3) is 5.91 Å². The van der Waals surface area contributed by atoms with Gasteiger partial charge in [-0.2, -0.15) is 4.31 Å². The molecule has 0 atom stereocenters. The Balaban J connectivity index is 1.70. The Kier molecular flexibility index (Phi) is 5.88. The van der Waals surface area contributed by atoms with E-state index in [1.54, 1.807) is 24.3 Å². The van der Waals surface area contributed by atoms with Crippen LogP contribution in [0.15, 0.2) is 53.4 Å². The molecule has 1 heterocycles. The molecule has 8 heteroatoms. The molecular formula is C19H22FN3O3S. The van der Waals surface area contributed by atoms with Crippen LogP contribution in [0.3, 0.4) is 0 Å². The summed E-state index contributed by atoms with van der Waals surface area (Å²) >= 11 is 0. The number of sulfonamides is 1. The minimum absolute atomic E-state index is 0.112. The second-order valence-electron chi connectivity index (χ2n) is 6.54. The summed E-state index contributed by atoms with van der Waals surface area (Å²) in [6, 6.07) is 11.9. The molecule has 0 radical (unpaired) electrons. The molecule has 1 saturated heterocycles. The molecule has 0 bridgehead atoms. The minimum Gasteiger partial charge on any atom is -0.348 e. The van der Waals surface area contributed by atoms with Gasteiger partial charge in [0.15, 0.2) is 0 Å². The summed E-state index contributed by atoms with van der Waals surface area (Å²) in [6.45, 7) is 2.45. The molecule has 0 spiro atoms. The monoisotopic (exact) mass is 391 g/mol. The summed E-state index contributed by atoms with van der Waals surface area (Å²) in [6.07, 6.45) is 0. The van der Waals surface area contributed by atoms with Crippen molar-refractivity contribution >= 4 is 15.9 Å². The first-order valence-corrected chi connectivity index (χ1v) is 10.1. The third-order valence-corrected chi connectivity index (χ3v) is 6.46. The molecule has 3 rings (SSSR count). The summed E-state index contributed by atoms with van der Waals surface area (Å²) in [7, 11) is -1.67. The number of likely N-dealkylation sites (N-methyl/N-ethyl adjacent to an activating group) is 1. The van der Waals surface area contributed by atoms with Crippen LogP contribution in [0.1, 0.15) is 15.9 Å². The second kappa shape index (κ2) is 8.16. The molecule has 0 aliphatic carbocycles. The van der Waals surface area contributed by atoms with Crippen molar-refractivity contribution in [2.24, 2.45) is 0 Å². The SMILES string of the molecule is CN1CCN(S(=O)(=O)c2cccc(C(=O)NCc3ccc(F)cc3)c2)CC1. The standard InChI is InChI=1S/C19H22FN3O3S/c1-22-9-11-23(12-10-22)27(25,26)18-4-2-3-16(13-18)19(24)21-14-15-5-7-17(20)8-6-15/h2-8,13H,9-12,14H2,1H3,(H,21,24). The smallest absolute Gasteiger partial charge is 0.251 e. The van der Waals surface area contributed by atoms with Crippen LogP contribution in [0.5, 0.6) is 0 Å².